The smallest absolute Gasteiger partial charge is 0.356 e. The Labute approximate surface area is 298 Å². The minimum Gasteiger partial charge on any atom is -0.461 e. The summed E-state index contributed by atoms with van der Waals surface area (Å²) in [5.74, 6) is 1.07. The first-order valence-electron chi connectivity index (χ1n) is 17.4. The molecule has 0 bridgehead atoms. The highest BCUT2D eigenvalue weighted by atomic mass is 16.5. The Morgan fingerprint density at radius 1 is 0.706 bits per heavy atom. The normalized spacial score (nSPS) is 11.4. The van der Waals surface area contributed by atoms with Gasteiger partial charge in [0.05, 0.1) is 12.3 Å². The van der Waals surface area contributed by atoms with Gasteiger partial charge in [0.25, 0.3) is 0 Å². The zero-order chi connectivity index (χ0) is 35.2. The van der Waals surface area contributed by atoms with E-state index in [0.29, 0.717) is 30.4 Å². The zero-order valence-electron chi connectivity index (χ0n) is 29.1. The van der Waals surface area contributed by atoms with E-state index >= 15 is 0 Å². The average molecular weight is 673 g/mol. The number of carbonyl (C=O) groups excluding carboxylic acids is 1. The van der Waals surface area contributed by atoms with Gasteiger partial charge in [0, 0.05) is 18.5 Å². The van der Waals surface area contributed by atoms with E-state index in [1.165, 1.54) is 0 Å². The van der Waals surface area contributed by atoms with E-state index in [1.54, 1.807) is 4.80 Å². The zero-order valence-corrected chi connectivity index (χ0v) is 29.1. The fraction of sp³-hybridized carbons (Fsp3) is 0.186. The van der Waals surface area contributed by atoms with Crippen LogP contribution in [0.5, 0.6) is 0 Å². The van der Waals surface area contributed by atoms with Crippen molar-refractivity contribution in [3.05, 3.63) is 179 Å². The van der Waals surface area contributed by atoms with E-state index in [0.717, 1.165) is 57.6 Å². The molecule has 51 heavy (non-hydrogen) atoms. The number of imidazole rings is 1. The first-order valence-corrected chi connectivity index (χ1v) is 17.4. The lowest BCUT2D eigenvalue weighted by Gasteiger charge is -2.34. The molecule has 0 aliphatic rings. The fourth-order valence-electron chi connectivity index (χ4n) is 6.92. The molecule has 2 aromatic heterocycles. The van der Waals surface area contributed by atoms with Gasteiger partial charge in [0.15, 0.2) is 11.2 Å². The minimum atomic E-state index is -0.865. The molecule has 0 atom stereocenters. The first-order chi connectivity index (χ1) is 25.0. The number of hydrogen-bond acceptors (Lipinski definition) is 6. The van der Waals surface area contributed by atoms with Crippen LogP contribution in [0.25, 0.3) is 22.5 Å². The maximum atomic E-state index is 12.9. The molecule has 0 N–H and O–H groups in total. The number of nitrogens with zero attached hydrogens (tertiary/aromatic N) is 6. The molecule has 0 spiro atoms. The summed E-state index contributed by atoms with van der Waals surface area (Å²) in [6.45, 7) is 6.64. The molecule has 7 rings (SSSR count). The van der Waals surface area contributed by atoms with E-state index in [4.69, 9.17) is 25.1 Å². The van der Waals surface area contributed by atoms with E-state index < -0.39 is 5.54 Å². The second-order valence-corrected chi connectivity index (χ2v) is 12.5. The van der Waals surface area contributed by atoms with Crippen molar-refractivity contribution in [2.24, 2.45) is 0 Å². The second kappa shape index (κ2) is 14.8. The van der Waals surface area contributed by atoms with Crippen LogP contribution in [0.4, 0.5) is 0 Å². The van der Waals surface area contributed by atoms with Crippen LogP contribution in [0.15, 0.2) is 140 Å². The molecule has 0 fully saturated rings. The number of hydrogen-bond donors (Lipinski definition) is 0. The molecule has 0 saturated heterocycles. The van der Waals surface area contributed by atoms with Gasteiger partial charge in [-0.2, -0.15) is 0 Å². The molecule has 7 aromatic rings. The standard InChI is InChI=1S/C43H40N6O2/c1-4-17-39-44-31(3)40(42(50)51-5-2)48(39)30-32-26-28-33(29-27-32)37-24-15-16-25-38(37)41-45-47-49(46-41)43(34-18-9-6-10-19-34,35-20-11-7-12-21-35)36-22-13-8-14-23-36/h6-16,18-29H,4-5,17,30H2,1-3H3. The summed E-state index contributed by atoms with van der Waals surface area (Å²) in [5, 5.41) is 14.6. The summed E-state index contributed by atoms with van der Waals surface area (Å²) < 4.78 is 7.39. The van der Waals surface area contributed by atoms with Crippen LogP contribution in [0, 0.1) is 6.92 Å². The Kier molecular flexibility index (Phi) is 9.65. The number of esters is 1. The number of aryl methyl sites for hydroxylation is 2. The van der Waals surface area contributed by atoms with Gasteiger partial charge in [-0.05, 0) is 58.9 Å². The summed E-state index contributed by atoms with van der Waals surface area (Å²) in [4.78, 5) is 19.4. The molecule has 8 heteroatoms. The molecule has 2 heterocycles. The van der Waals surface area contributed by atoms with Gasteiger partial charge < -0.3 is 9.30 Å². The van der Waals surface area contributed by atoms with Crippen molar-refractivity contribution in [1.82, 2.24) is 29.8 Å². The number of tetrazole rings is 1. The highest BCUT2D eigenvalue weighted by molar-refractivity contribution is 5.89. The molecule has 5 aromatic carbocycles. The molecule has 0 radical (unpaired) electrons. The Bertz CT molecular complexity index is 2130. The molecule has 0 amide bonds. The second-order valence-electron chi connectivity index (χ2n) is 12.5. The van der Waals surface area contributed by atoms with Crippen molar-refractivity contribution in [3.63, 3.8) is 0 Å². The monoisotopic (exact) mass is 672 g/mol. The van der Waals surface area contributed by atoms with Crippen molar-refractivity contribution in [1.29, 1.82) is 0 Å². The van der Waals surface area contributed by atoms with Crippen LogP contribution in [0.3, 0.4) is 0 Å². The number of benzene rings is 5. The topological polar surface area (TPSA) is 87.7 Å². The van der Waals surface area contributed by atoms with Crippen LogP contribution >= 0.6 is 0 Å². The molecule has 0 saturated carbocycles. The van der Waals surface area contributed by atoms with E-state index in [1.807, 2.05) is 91.2 Å². The quantitative estimate of drug-likeness (QED) is 0.0955. The van der Waals surface area contributed by atoms with Gasteiger partial charge >= 0.3 is 5.97 Å². The Balaban J connectivity index is 1.28. The van der Waals surface area contributed by atoms with Crippen LogP contribution in [0.2, 0.25) is 0 Å². The van der Waals surface area contributed by atoms with Crippen molar-refractivity contribution < 1.29 is 9.53 Å². The summed E-state index contributed by atoms with van der Waals surface area (Å²) in [7, 11) is 0. The van der Waals surface area contributed by atoms with Gasteiger partial charge in [-0.3, -0.25) is 0 Å². The van der Waals surface area contributed by atoms with Gasteiger partial charge in [-0.1, -0.05) is 146 Å². The highest BCUT2D eigenvalue weighted by Gasteiger charge is 2.41. The number of aromatic nitrogens is 6. The third-order valence-corrected chi connectivity index (χ3v) is 9.23. The van der Waals surface area contributed by atoms with Crippen LogP contribution in [-0.2, 0) is 23.2 Å². The lowest BCUT2D eigenvalue weighted by atomic mass is 9.77. The number of rotatable bonds is 12. The molecular formula is C43H40N6O2. The predicted molar refractivity (Wildman–Crippen MR) is 199 cm³/mol. The van der Waals surface area contributed by atoms with Crippen LogP contribution in [0.1, 0.15) is 64.5 Å². The summed E-state index contributed by atoms with van der Waals surface area (Å²) >= 11 is 0. The van der Waals surface area contributed by atoms with E-state index in [-0.39, 0.29) is 5.97 Å². The van der Waals surface area contributed by atoms with Crippen LogP contribution in [-0.4, -0.2) is 42.3 Å². The lowest BCUT2D eigenvalue weighted by molar-refractivity contribution is 0.0513. The fourth-order valence-corrected chi connectivity index (χ4v) is 6.92. The maximum Gasteiger partial charge on any atom is 0.356 e. The lowest BCUT2D eigenvalue weighted by Crippen LogP contribution is -2.39. The largest absolute Gasteiger partial charge is 0.461 e. The van der Waals surface area contributed by atoms with E-state index in [2.05, 4.69) is 73.7 Å². The van der Waals surface area contributed by atoms with Gasteiger partial charge in [-0.15, -0.1) is 15.0 Å². The highest BCUT2D eigenvalue weighted by Crippen LogP contribution is 2.40. The number of carbonyl (C=O) groups is 1. The summed E-state index contributed by atoms with van der Waals surface area (Å²) in [6.07, 6.45) is 1.70. The Morgan fingerprint density at radius 3 is 1.80 bits per heavy atom. The van der Waals surface area contributed by atoms with Gasteiger partial charge in [0.1, 0.15) is 5.82 Å². The van der Waals surface area contributed by atoms with Crippen LogP contribution < -0.4 is 0 Å². The Morgan fingerprint density at radius 2 is 1.25 bits per heavy atom. The minimum absolute atomic E-state index is 0.315. The van der Waals surface area contributed by atoms with Gasteiger partial charge in [0.2, 0.25) is 5.82 Å². The first kappa shape index (κ1) is 33.4. The van der Waals surface area contributed by atoms with Crippen molar-refractivity contribution in [3.8, 4) is 22.5 Å². The summed E-state index contributed by atoms with van der Waals surface area (Å²) in [5.41, 5.74) is 7.36. The molecule has 8 nitrogen and oxygen atoms in total. The maximum absolute atomic E-state index is 12.9. The summed E-state index contributed by atoms with van der Waals surface area (Å²) in [6, 6.07) is 47.6. The molecule has 254 valence electrons. The average Bonchev–Trinajstić information content (AvgIpc) is 3.78. The SMILES string of the molecule is CCCc1nc(C)c(C(=O)OCC)n1Cc1ccc(-c2ccccc2-c2nnn(C(c3ccccc3)(c3ccccc3)c3ccccc3)n2)cc1. The number of ether oxygens (including phenoxy) is 1. The molecule has 0 unspecified atom stereocenters. The molecular weight excluding hydrogens is 633 g/mol. The third kappa shape index (κ3) is 6.36. The van der Waals surface area contributed by atoms with Crippen molar-refractivity contribution in [2.75, 3.05) is 6.61 Å². The third-order valence-electron chi connectivity index (χ3n) is 9.23. The molecule has 0 aliphatic heterocycles. The predicted octanol–water partition coefficient (Wildman–Crippen LogP) is 8.53. The van der Waals surface area contributed by atoms with Crippen molar-refractivity contribution in [2.45, 2.75) is 45.7 Å². The Hall–Kier alpha value is -6.15. The van der Waals surface area contributed by atoms with Crippen molar-refractivity contribution >= 4 is 5.97 Å². The van der Waals surface area contributed by atoms with E-state index in [9.17, 15) is 4.79 Å². The van der Waals surface area contributed by atoms with Gasteiger partial charge in [-0.25, -0.2) is 9.78 Å². The molecule has 0 aliphatic carbocycles.